The van der Waals surface area contributed by atoms with E-state index in [1.165, 1.54) is 0 Å². The highest BCUT2D eigenvalue weighted by Crippen LogP contribution is 2.33. The second kappa shape index (κ2) is 4.00. The van der Waals surface area contributed by atoms with Gasteiger partial charge in [-0.3, -0.25) is 4.79 Å². The van der Waals surface area contributed by atoms with Crippen LogP contribution in [-0.2, 0) is 4.79 Å². The first-order valence-corrected chi connectivity index (χ1v) is 5.14. The Balaban J connectivity index is 2.82. The zero-order valence-corrected chi connectivity index (χ0v) is 9.48. The predicted molar refractivity (Wildman–Crippen MR) is 58.7 cm³/mol. The average molecular weight is 190 g/mol. The van der Waals surface area contributed by atoms with Crippen molar-refractivity contribution in [3.05, 3.63) is 11.6 Å². The van der Waals surface area contributed by atoms with Gasteiger partial charge in [-0.25, -0.2) is 0 Å². The van der Waals surface area contributed by atoms with Gasteiger partial charge in [0, 0.05) is 17.9 Å². The molecule has 0 unspecified atom stereocenters. The molecule has 0 aliphatic heterocycles. The van der Waals surface area contributed by atoms with E-state index in [2.05, 4.69) is 39.5 Å². The average Bonchev–Trinajstić information content (AvgIpc) is 1.96. The van der Waals surface area contributed by atoms with Crippen molar-refractivity contribution in [3.8, 4) is 11.8 Å². The van der Waals surface area contributed by atoms with Crippen LogP contribution in [0.25, 0.3) is 0 Å². The molecular weight excluding hydrogens is 172 g/mol. The Kier molecular flexibility index (Phi) is 3.16. The van der Waals surface area contributed by atoms with Crippen molar-refractivity contribution < 1.29 is 4.79 Å². The number of hydrogen-bond acceptors (Lipinski definition) is 1. The fourth-order valence-corrected chi connectivity index (χ4v) is 1.66. The van der Waals surface area contributed by atoms with Crippen LogP contribution in [0, 0.1) is 23.2 Å². The van der Waals surface area contributed by atoms with E-state index in [9.17, 15) is 4.79 Å². The molecule has 0 spiro atoms. The Labute approximate surface area is 86.6 Å². The molecule has 14 heavy (non-hydrogen) atoms. The number of carbonyl (C=O) groups is 1. The van der Waals surface area contributed by atoms with Crippen molar-refractivity contribution in [2.24, 2.45) is 11.3 Å². The summed E-state index contributed by atoms with van der Waals surface area (Å²) in [5.41, 5.74) is 1.09. The molecule has 0 aromatic carbocycles. The molecule has 76 valence electrons. The summed E-state index contributed by atoms with van der Waals surface area (Å²) in [6.45, 7) is 8.36. The number of carbonyl (C=O) groups excluding carboxylic acids is 1. The molecule has 0 saturated carbocycles. The van der Waals surface area contributed by atoms with Crippen LogP contribution in [-0.4, -0.2) is 5.78 Å². The Morgan fingerprint density at radius 1 is 1.36 bits per heavy atom. The fourth-order valence-electron chi connectivity index (χ4n) is 1.66. The van der Waals surface area contributed by atoms with Crippen LogP contribution in [0.15, 0.2) is 11.6 Å². The molecule has 1 rings (SSSR count). The Morgan fingerprint density at radius 2 is 2.00 bits per heavy atom. The Bertz CT molecular complexity index is 321. The molecule has 1 aliphatic rings. The number of hydrogen-bond donors (Lipinski definition) is 0. The summed E-state index contributed by atoms with van der Waals surface area (Å²) >= 11 is 0. The van der Waals surface area contributed by atoms with E-state index in [0.29, 0.717) is 12.3 Å². The third-order valence-corrected chi connectivity index (χ3v) is 2.18. The largest absolute Gasteiger partial charge is 0.295 e. The summed E-state index contributed by atoms with van der Waals surface area (Å²) in [6, 6.07) is 0. The van der Waals surface area contributed by atoms with Gasteiger partial charge >= 0.3 is 0 Å². The van der Waals surface area contributed by atoms with E-state index < -0.39 is 0 Å². The first-order valence-electron chi connectivity index (χ1n) is 5.14. The normalized spacial score (nSPS) is 20.1. The zero-order valence-electron chi connectivity index (χ0n) is 9.48. The van der Waals surface area contributed by atoms with Crippen LogP contribution < -0.4 is 0 Å². The van der Waals surface area contributed by atoms with Gasteiger partial charge in [0.2, 0.25) is 0 Å². The lowest BCUT2D eigenvalue weighted by Gasteiger charge is -2.26. The number of ketones is 1. The van der Waals surface area contributed by atoms with Crippen molar-refractivity contribution >= 4 is 5.78 Å². The molecule has 1 heteroatoms. The lowest BCUT2D eigenvalue weighted by Crippen LogP contribution is -2.21. The van der Waals surface area contributed by atoms with E-state index in [1.807, 2.05) is 0 Å². The molecule has 0 N–H and O–H groups in total. The molecule has 0 bridgehead atoms. The van der Waals surface area contributed by atoms with Crippen LogP contribution in [0.3, 0.4) is 0 Å². The quantitative estimate of drug-likeness (QED) is 0.537. The summed E-state index contributed by atoms with van der Waals surface area (Å²) in [6.07, 6.45) is 3.29. The van der Waals surface area contributed by atoms with Crippen molar-refractivity contribution in [2.75, 3.05) is 0 Å². The Hall–Kier alpha value is -1.03. The smallest absolute Gasteiger partial charge is 0.157 e. The van der Waals surface area contributed by atoms with Gasteiger partial charge < -0.3 is 0 Å². The molecule has 0 aromatic rings. The molecule has 0 fully saturated rings. The minimum absolute atomic E-state index is 0.0901. The molecule has 0 amide bonds. The van der Waals surface area contributed by atoms with Gasteiger partial charge in [0.1, 0.15) is 0 Å². The molecule has 0 heterocycles. The summed E-state index contributed by atoms with van der Waals surface area (Å²) in [5, 5.41) is 0. The minimum Gasteiger partial charge on any atom is -0.295 e. The summed E-state index contributed by atoms with van der Waals surface area (Å²) < 4.78 is 0. The standard InChI is InChI=1S/C13H18O/c1-10(2)5-6-11-7-12(14)9-13(3,4)8-11/h7,10H,8-9H2,1-4H3. The van der Waals surface area contributed by atoms with E-state index in [4.69, 9.17) is 0 Å². The van der Waals surface area contributed by atoms with Crippen LogP contribution in [0.5, 0.6) is 0 Å². The lowest BCUT2D eigenvalue weighted by molar-refractivity contribution is -0.116. The molecule has 0 atom stereocenters. The predicted octanol–water partition coefficient (Wildman–Crippen LogP) is 2.96. The van der Waals surface area contributed by atoms with Crippen molar-refractivity contribution in [1.82, 2.24) is 0 Å². The van der Waals surface area contributed by atoms with Crippen LogP contribution in [0.2, 0.25) is 0 Å². The summed E-state index contributed by atoms with van der Waals surface area (Å²) in [4.78, 5) is 11.4. The second-order valence-corrected chi connectivity index (χ2v) is 5.08. The van der Waals surface area contributed by atoms with E-state index >= 15 is 0 Å². The maximum Gasteiger partial charge on any atom is 0.157 e. The van der Waals surface area contributed by atoms with Gasteiger partial charge in [0.05, 0.1) is 0 Å². The number of rotatable bonds is 0. The third kappa shape index (κ3) is 3.38. The molecular formula is C13H18O. The first kappa shape index (κ1) is 11.0. The highest BCUT2D eigenvalue weighted by Gasteiger charge is 2.26. The maximum absolute atomic E-state index is 11.4. The van der Waals surface area contributed by atoms with Gasteiger partial charge in [-0.2, -0.15) is 0 Å². The highest BCUT2D eigenvalue weighted by molar-refractivity contribution is 5.92. The van der Waals surface area contributed by atoms with Crippen LogP contribution >= 0.6 is 0 Å². The molecule has 1 nitrogen and oxygen atoms in total. The van der Waals surface area contributed by atoms with Gasteiger partial charge in [-0.1, -0.05) is 39.5 Å². The summed E-state index contributed by atoms with van der Waals surface area (Å²) in [7, 11) is 0. The topological polar surface area (TPSA) is 17.1 Å². The molecule has 0 radical (unpaired) electrons. The summed E-state index contributed by atoms with van der Waals surface area (Å²) in [5.74, 6) is 6.79. The maximum atomic E-state index is 11.4. The third-order valence-electron chi connectivity index (χ3n) is 2.18. The molecule has 0 aromatic heterocycles. The van der Waals surface area contributed by atoms with Gasteiger partial charge in [0.15, 0.2) is 5.78 Å². The van der Waals surface area contributed by atoms with Gasteiger partial charge in [-0.05, 0) is 17.9 Å². The van der Waals surface area contributed by atoms with Crippen molar-refractivity contribution in [2.45, 2.75) is 40.5 Å². The van der Waals surface area contributed by atoms with E-state index in [-0.39, 0.29) is 11.2 Å². The second-order valence-electron chi connectivity index (χ2n) is 5.08. The minimum atomic E-state index is 0.0901. The highest BCUT2D eigenvalue weighted by atomic mass is 16.1. The van der Waals surface area contributed by atoms with Gasteiger partial charge in [-0.15, -0.1) is 0 Å². The van der Waals surface area contributed by atoms with Gasteiger partial charge in [0.25, 0.3) is 0 Å². The Morgan fingerprint density at radius 3 is 2.50 bits per heavy atom. The monoisotopic (exact) mass is 190 g/mol. The fraction of sp³-hybridized carbons (Fsp3) is 0.615. The first-order chi connectivity index (χ1) is 6.39. The van der Waals surface area contributed by atoms with E-state index in [1.54, 1.807) is 6.08 Å². The van der Waals surface area contributed by atoms with Crippen molar-refractivity contribution in [3.63, 3.8) is 0 Å². The van der Waals surface area contributed by atoms with Crippen LogP contribution in [0.1, 0.15) is 40.5 Å². The van der Waals surface area contributed by atoms with E-state index in [0.717, 1.165) is 12.0 Å². The molecule has 0 saturated heterocycles. The van der Waals surface area contributed by atoms with Crippen LogP contribution in [0.4, 0.5) is 0 Å². The molecule has 1 aliphatic carbocycles. The zero-order chi connectivity index (χ0) is 10.8. The SMILES string of the molecule is CC(C)C#CC1=CC(=O)CC(C)(C)C1. The number of allylic oxidation sites excluding steroid dienone is 2. The van der Waals surface area contributed by atoms with Crippen molar-refractivity contribution in [1.29, 1.82) is 0 Å². The lowest BCUT2D eigenvalue weighted by atomic mass is 9.77.